The summed E-state index contributed by atoms with van der Waals surface area (Å²) in [5.41, 5.74) is 0.273. The molecule has 80 valence electrons. The topological polar surface area (TPSA) is 28.7 Å². The number of allylic oxidation sites excluding steroid dienone is 2. The van der Waals surface area contributed by atoms with Gasteiger partial charge in [-0.1, -0.05) is 45.9 Å². The van der Waals surface area contributed by atoms with Crippen LogP contribution >= 0.6 is 0 Å². The van der Waals surface area contributed by atoms with Crippen molar-refractivity contribution in [2.75, 3.05) is 0 Å². The third-order valence-electron chi connectivity index (χ3n) is 3.48. The largest absolute Gasteiger partial charge is 0.278 e. The van der Waals surface area contributed by atoms with E-state index in [1.54, 1.807) is 0 Å². The standard InChI is InChI=1S/C13H18N2/c1-12(2,3)13(4)7-5-6-11-10(8-13)9-14-15-11/h5-9,15H,1-4H3. The molecule has 0 amide bonds. The van der Waals surface area contributed by atoms with Crippen molar-refractivity contribution in [1.29, 1.82) is 0 Å². The Morgan fingerprint density at radius 3 is 2.73 bits per heavy atom. The van der Waals surface area contributed by atoms with Gasteiger partial charge in [-0.3, -0.25) is 5.10 Å². The molecule has 0 aromatic carbocycles. The lowest BCUT2D eigenvalue weighted by Gasteiger charge is -2.36. The minimum atomic E-state index is 0.0681. The number of rotatable bonds is 0. The summed E-state index contributed by atoms with van der Waals surface area (Å²) >= 11 is 0. The second kappa shape index (κ2) is 3.09. The van der Waals surface area contributed by atoms with Crippen LogP contribution < -0.4 is 10.6 Å². The fourth-order valence-corrected chi connectivity index (χ4v) is 1.74. The van der Waals surface area contributed by atoms with Gasteiger partial charge < -0.3 is 0 Å². The van der Waals surface area contributed by atoms with Crippen molar-refractivity contribution in [3.8, 4) is 0 Å². The molecule has 0 fully saturated rings. The smallest absolute Gasteiger partial charge is 0.0647 e. The molecule has 0 bridgehead atoms. The Morgan fingerprint density at radius 2 is 2.07 bits per heavy atom. The van der Waals surface area contributed by atoms with Gasteiger partial charge in [-0.05, 0) is 11.5 Å². The van der Waals surface area contributed by atoms with Crippen molar-refractivity contribution in [1.82, 2.24) is 10.2 Å². The number of H-pyrrole nitrogens is 1. The summed E-state index contributed by atoms with van der Waals surface area (Å²) in [6, 6.07) is 0. The first kappa shape index (κ1) is 10.2. The van der Waals surface area contributed by atoms with E-state index < -0.39 is 0 Å². The van der Waals surface area contributed by atoms with Crippen LogP contribution in [0.1, 0.15) is 27.7 Å². The molecule has 0 radical (unpaired) electrons. The van der Waals surface area contributed by atoms with E-state index in [-0.39, 0.29) is 10.8 Å². The number of aromatic amines is 1. The summed E-state index contributed by atoms with van der Waals surface area (Å²) in [7, 11) is 0. The minimum Gasteiger partial charge on any atom is -0.278 e. The maximum Gasteiger partial charge on any atom is 0.0647 e. The van der Waals surface area contributed by atoms with Gasteiger partial charge in [-0.25, -0.2) is 0 Å². The van der Waals surface area contributed by atoms with E-state index in [1.165, 1.54) is 5.22 Å². The van der Waals surface area contributed by atoms with Gasteiger partial charge in [-0.15, -0.1) is 0 Å². The number of hydrogen-bond donors (Lipinski definition) is 1. The van der Waals surface area contributed by atoms with Crippen LogP contribution in [0.4, 0.5) is 0 Å². The normalized spacial score (nSPS) is 25.1. The van der Waals surface area contributed by atoms with Gasteiger partial charge in [-0.2, -0.15) is 5.10 Å². The van der Waals surface area contributed by atoms with Crippen LogP contribution in [0.2, 0.25) is 0 Å². The summed E-state index contributed by atoms with van der Waals surface area (Å²) in [4.78, 5) is 0. The van der Waals surface area contributed by atoms with Crippen LogP contribution in [0.25, 0.3) is 12.2 Å². The van der Waals surface area contributed by atoms with Gasteiger partial charge >= 0.3 is 0 Å². The molecule has 0 aliphatic heterocycles. The SMILES string of the molecule is CC(C)(C)C1(C)C=CC=c2[nH]ncc2=C1. The molecular formula is C13H18N2. The van der Waals surface area contributed by atoms with Crippen molar-refractivity contribution < 1.29 is 0 Å². The Kier molecular flexibility index (Phi) is 2.10. The van der Waals surface area contributed by atoms with Crippen LogP contribution in [0, 0.1) is 10.8 Å². The average molecular weight is 202 g/mol. The predicted molar refractivity (Wildman–Crippen MR) is 63.5 cm³/mol. The van der Waals surface area contributed by atoms with E-state index in [0.29, 0.717) is 0 Å². The average Bonchev–Trinajstić information content (AvgIpc) is 2.45. The van der Waals surface area contributed by atoms with E-state index in [4.69, 9.17) is 0 Å². The number of hydrogen-bond acceptors (Lipinski definition) is 1. The maximum absolute atomic E-state index is 4.07. The molecule has 1 unspecified atom stereocenters. The lowest BCUT2D eigenvalue weighted by molar-refractivity contribution is 0.246. The Labute approximate surface area is 90.4 Å². The molecule has 2 nitrogen and oxygen atoms in total. The van der Waals surface area contributed by atoms with Gasteiger partial charge in [0.25, 0.3) is 0 Å². The van der Waals surface area contributed by atoms with E-state index in [1.807, 2.05) is 6.20 Å². The molecule has 2 heteroatoms. The number of nitrogens with one attached hydrogen (secondary N) is 1. The van der Waals surface area contributed by atoms with Crippen LogP contribution in [0.5, 0.6) is 0 Å². The van der Waals surface area contributed by atoms with Crippen LogP contribution in [0.3, 0.4) is 0 Å². The lowest BCUT2D eigenvalue weighted by atomic mass is 9.67. The van der Waals surface area contributed by atoms with Gasteiger partial charge in [0.15, 0.2) is 0 Å². The van der Waals surface area contributed by atoms with Crippen LogP contribution in [-0.4, -0.2) is 10.2 Å². The molecule has 1 aromatic heterocycles. The molecule has 1 N–H and O–H groups in total. The van der Waals surface area contributed by atoms with Gasteiger partial charge in [0.05, 0.1) is 11.5 Å². The lowest BCUT2D eigenvalue weighted by Crippen LogP contribution is -2.32. The summed E-state index contributed by atoms with van der Waals surface area (Å²) in [5.74, 6) is 0. The molecule has 0 saturated heterocycles. The number of nitrogens with zero attached hydrogens (tertiary/aromatic N) is 1. The molecule has 1 aliphatic rings. The third-order valence-corrected chi connectivity index (χ3v) is 3.48. The molecule has 0 spiro atoms. The van der Waals surface area contributed by atoms with Crippen molar-refractivity contribution in [2.24, 2.45) is 10.8 Å². The third kappa shape index (κ3) is 1.65. The molecule has 2 rings (SSSR count). The number of fused-ring (bicyclic) bond motifs is 1. The Bertz CT molecular complexity index is 499. The monoisotopic (exact) mass is 202 g/mol. The highest BCUT2D eigenvalue weighted by Crippen LogP contribution is 2.41. The zero-order valence-electron chi connectivity index (χ0n) is 9.83. The van der Waals surface area contributed by atoms with Crippen molar-refractivity contribution in [3.05, 3.63) is 28.9 Å². The Hall–Kier alpha value is -1.31. The van der Waals surface area contributed by atoms with Crippen molar-refractivity contribution in [2.45, 2.75) is 27.7 Å². The fraction of sp³-hybridized carbons (Fsp3) is 0.462. The minimum absolute atomic E-state index is 0.0681. The van der Waals surface area contributed by atoms with Crippen LogP contribution in [-0.2, 0) is 0 Å². The first-order chi connectivity index (χ1) is 6.92. The van der Waals surface area contributed by atoms with Gasteiger partial charge in [0, 0.05) is 10.6 Å². The van der Waals surface area contributed by atoms with Gasteiger partial charge in [0.1, 0.15) is 0 Å². The van der Waals surface area contributed by atoms with Gasteiger partial charge in [0.2, 0.25) is 0 Å². The molecule has 1 aliphatic carbocycles. The quantitative estimate of drug-likeness (QED) is 0.680. The number of aromatic nitrogens is 2. The summed E-state index contributed by atoms with van der Waals surface area (Å²) in [6.07, 6.45) is 10.6. The Balaban J connectivity index is 2.66. The molecule has 1 atom stereocenters. The van der Waals surface area contributed by atoms with E-state index in [9.17, 15) is 0 Å². The highest BCUT2D eigenvalue weighted by Gasteiger charge is 2.33. The molecule has 1 heterocycles. The van der Waals surface area contributed by atoms with Crippen LogP contribution in [0.15, 0.2) is 18.3 Å². The maximum atomic E-state index is 4.07. The first-order valence-electron chi connectivity index (χ1n) is 5.34. The summed E-state index contributed by atoms with van der Waals surface area (Å²) in [5, 5.41) is 9.36. The Morgan fingerprint density at radius 1 is 1.33 bits per heavy atom. The molecule has 15 heavy (non-hydrogen) atoms. The summed E-state index contributed by atoms with van der Waals surface area (Å²) < 4.78 is 0. The zero-order chi connectivity index (χ0) is 11.1. The van der Waals surface area contributed by atoms with Crippen molar-refractivity contribution >= 4 is 12.2 Å². The second-order valence-electron chi connectivity index (χ2n) is 5.44. The van der Waals surface area contributed by atoms with Crippen molar-refractivity contribution in [3.63, 3.8) is 0 Å². The van der Waals surface area contributed by atoms with E-state index in [0.717, 1.165) is 5.35 Å². The van der Waals surface area contributed by atoms with E-state index in [2.05, 4.69) is 62.2 Å². The highest BCUT2D eigenvalue weighted by molar-refractivity contribution is 5.48. The fourth-order valence-electron chi connectivity index (χ4n) is 1.74. The molecular weight excluding hydrogens is 184 g/mol. The predicted octanol–water partition coefficient (Wildman–Crippen LogP) is 1.59. The summed E-state index contributed by atoms with van der Waals surface area (Å²) in [6.45, 7) is 9.05. The molecule has 0 saturated carbocycles. The first-order valence-corrected chi connectivity index (χ1v) is 5.34. The second-order valence-corrected chi connectivity index (χ2v) is 5.44. The molecule has 1 aromatic rings. The van der Waals surface area contributed by atoms with E-state index >= 15 is 0 Å². The highest BCUT2D eigenvalue weighted by atomic mass is 15.1. The zero-order valence-corrected chi connectivity index (χ0v) is 9.83.